The van der Waals surface area contributed by atoms with Gasteiger partial charge in [-0.25, -0.2) is 5.43 Å². The van der Waals surface area contributed by atoms with Crippen molar-refractivity contribution in [1.29, 1.82) is 0 Å². The summed E-state index contributed by atoms with van der Waals surface area (Å²) < 4.78 is 1.64. The summed E-state index contributed by atoms with van der Waals surface area (Å²) in [6, 6.07) is 11.0. The molecule has 1 heterocycles. The molecule has 0 radical (unpaired) electrons. The largest absolute Gasteiger partial charge is 0.506 e. The highest BCUT2D eigenvalue weighted by Crippen LogP contribution is 2.38. The van der Waals surface area contributed by atoms with Crippen LogP contribution in [0.3, 0.4) is 0 Å². The minimum atomic E-state index is -0.420. The first-order chi connectivity index (χ1) is 13.0. The predicted molar refractivity (Wildman–Crippen MR) is 110 cm³/mol. The van der Waals surface area contributed by atoms with Gasteiger partial charge in [-0.3, -0.25) is 4.79 Å². The Kier molecular flexibility index (Phi) is 6.34. The van der Waals surface area contributed by atoms with E-state index in [2.05, 4.69) is 73.7 Å². The molecule has 0 atom stereocenters. The van der Waals surface area contributed by atoms with E-state index in [-0.39, 0.29) is 12.3 Å². The van der Waals surface area contributed by atoms with Crippen molar-refractivity contribution in [2.75, 3.05) is 0 Å². The standard InChI is InChI=1S/C16H11Br3N6O2/c17-11-6-12(18)15(27)14(19)10(11)7-20-21-13(26)8-25-23-16(22-24-25)9-4-2-1-3-5-9/h1-7,27H,8H2,(H,21,26)/b20-7+. The van der Waals surface area contributed by atoms with Crippen LogP contribution in [0.4, 0.5) is 0 Å². The normalized spacial score (nSPS) is 11.1. The SMILES string of the molecule is O=C(Cn1nnc(-c2ccccc2)n1)N/N=C/c1c(Br)cc(Br)c(O)c1Br. The van der Waals surface area contributed by atoms with Crippen molar-refractivity contribution < 1.29 is 9.90 Å². The van der Waals surface area contributed by atoms with E-state index < -0.39 is 5.91 Å². The van der Waals surface area contributed by atoms with E-state index in [4.69, 9.17) is 0 Å². The summed E-state index contributed by atoms with van der Waals surface area (Å²) in [4.78, 5) is 13.2. The lowest BCUT2D eigenvalue weighted by Gasteiger charge is -2.06. The molecule has 1 aromatic heterocycles. The molecule has 0 fully saturated rings. The first-order valence-electron chi connectivity index (χ1n) is 7.47. The molecule has 0 unspecified atom stereocenters. The van der Waals surface area contributed by atoms with Crippen LogP contribution in [0.25, 0.3) is 11.4 Å². The number of carbonyl (C=O) groups excluding carboxylic acids is 1. The van der Waals surface area contributed by atoms with Crippen molar-refractivity contribution in [3.05, 3.63) is 55.4 Å². The third kappa shape index (κ3) is 4.79. The van der Waals surface area contributed by atoms with Crippen molar-refractivity contribution in [3.8, 4) is 17.1 Å². The minimum absolute atomic E-state index is 0.0335. The highest BCUT2D eigenvalue weighted by atomic mass is 79.9. The predicted octanol–water partition coefficient (Wildman–Crippen LogP) is 3.48. The molecule has 2 N–H and O–H groups in total. The molecule has 2 aromatic carbocycles. The van der Waals surface area contributed by atoms with Crippen LogP contribution in [0.5, 0.6) is 5.75 Å². The van der Waals surface area contributed by atoms with Gasteiger partial charge in [0.25, 0.3) is 5.91 Å². The third-order valence-electron chi connectivity index (χ3n) is 3.33. The van der Waals surface area contributed by atoms with Gasteiger partial charge in [-0.2, -0.15) is 9.90 Å². The Hall–Kier alpha value is -2.11. The van der Waals surface area contributed by atoms with E-state index in [9.17, 15) is 9.90 Å². The van der Waals surface area contributed by atoms with Crippen LogP contribution in [-0.4, -0.2) is 37.4 Å². The maximum Gasteiger partial charge on any atom is 0.263 e. The fourth-order valence-electron chi connectivity index (χ4n) is 2.06. The zero-order valence-corrected chi connectivity index (χ0v) is 18.2. The first kappa shape index (κ1) is 19.6. The average Bonchev–Trinajstić information content (AvgIpc) is 3.12. The Morgan fingerprint density at radius 2 is 1.96 bits per heavy atom. The number of nitrogens with zero attached hydrogens (tertiary/aromatic N) is 5. The molecule has 0 aliphatic rings. The van der Waals surface area contributed by atoms with E-state index in [1.54, 1.807) is 6.07 Å². The van der Waals surface area contributed by atoms with Crippen molar-refractivity contribution in [2.24, 2.45) is 5.10 Å². The number of phenols is 1. The van der Waals surface area contributed by atoms with Crippen molar-refractivity contribution in [2.45, 2.75) is 6.54 Å². The monoisotopic (exact) mass is 556 g/mol. The number of aromatic nitrogens is 4. The summed E-state index contributed by atoms with van der Waals surface area (Å²) in [6.07, 6.45) is 1.41. The van der Waals surface area contributed by atoms with Crippen LogP contribution in [0.2, 0.25) is 0 Å². The number of hydrogen-bond donors (Lipinski definition) is 2. The number of rotatable bonds is 5. The molecule has 1 amide bonds. The Bertz CT molecular complexity index is 1010. The molecule has 0 bridgehead atoms. The molecule has 8 nitrogen and oxygen atoms in total. The molecule has 3 rings (SSSR count). The molecule has 0 aliphatic carbocycles. The molecular weight excluding hydrogens is 548 g/mol. The van der Waals surface area contributed by atoms with Crippen LogP contribution < -0.4 is 5.43 Å². The zero-order valence-electron chi connectivity index (χ0n) is 13.5. The van der Waals surface area contributed by atoms with Gasteiger partial charge in [0.15, 0.2) is 0 Å². The number of nitrogens with one attached hydrogen (secondary N) is 1. The molecule has 138 valence electrons. The van der Waals surface area contributed by atoms with Gasteiger partial charge in [-0.15, -0.1) is 10.2 Å². The highest BCUT2D eigenvalue weighted by Gasteiger charge is 2.12. The number of halogens is 3. The number of tetrazole rings is 1. The molecule has 27 heavy (non-hydrogen) atoms. The highest BCUT2D eigenvalue weighted by molar-refractivity contribution is 9.11. The van der Waals surface area contributed by atoms with Crippen LogP contribution in [-0.2, 0) is 11.3 Å². The lowest BCUT2D eigenvalue weighted by Crippen LogP contribution is -2.24. The number of carbonyl (C=O) groups is 1. The molecule has 0 saturated carbocycles. The third-order valence-corrected chi connectivity index (χ3v) is 5.40. The summed E-state index contributed by atoms with van der Waals surface area (Å²) >= 11 is 9.88. The summed E-state index contributed by atoms with van der Waals surface area (Å²) in [5.41, 5.74) is 3.77. The second-order valence-corrected chi connectivity index (χ2v) is 7.72. The second kappa shape index (κ2) is 8.72. The number of aromatic hydroxyl groups is 1. The molecule has 0 aliphatic heterocycles. The lowest BCUT2D eigenvalue weighted by atomic mass is 10.2. The van der Waals surface area contributed by atoms with Crippen molar-refractivity contribution in [3.63, 3.8) is 0 Å². The van der Waals surface area contributed by atoms with Gasteiger partial charge in [0.05, 0.1) is 15.2 Å². The lowest BCUT2D eigenvalue weighted by molar-refractivity contribution is -0.122. The topological polar surface area (TPSA) is 105 Å². The van der Waals surface area contributed by atoms with Crippen molar-refractivity contribution >= 4 is 59.9 Å². The maximum atomic E-state index is 12.0. The van der Waals surface area contributed by atoms with Crippen LogP contribution >= 0.6 is 47.8 Å². The number of benzene rings is 2. The van der Waals surface area contributed by atoms with Gasteiger partial charge < -0.3 is 5.11 Å². The van der Waals surface area contributed by atoms with E-state index >= 15 is 0 Å². The molecule has 3 aromatic rings. The first-order valence-corrected chi connectivity index (χ1v) is 9.85. The van der Waals surface area contributed by atoms with Gasteiger partial charge in [0.2, 0.25) is 5.82 Å². The zero-order chi connectivity index (χ0) is 19.4. The summed E-state index contributed by atoms with van der Waals surface area (Å²) in [5.74, 6) is 0.0492. The average molecular weight is 559 g/mol. The van der Waals surface area contributed by atoms with Crippen LogP contribution in [0.15, 0.2) is 54.9 Å². The van der Waals surface area contributed by atoms with Gasteiger partial charge >= 0.3 is 0 Å². The maximum absolute atomic E-state index is 12.0. The van der Waals surface area contributed by atoms with Crippen molar-refractivity contribution in [1.82, 2.24) is 25.6 Å². The fourth-order valence-corrected chi connectivity index (χ4v) is 4.38. The molecule has 0 spiro atoms. The summed E-state index contributed by atoms with van der Waals surface area (Å²) in [5, 5.41) is 25.8. The quantitative estimate of drug-likeness (QED) is 0.368. The number of hydrazone groups is 1. The van der Waals surface area contributed by atoms with E-state index in [0.29, 0.717) is 24.8 Å². The Morgan fingerprint density at radius 1 is 1.22 bits per heavy atom. The Morgan fingerprint density at radius 3 is 2.70 bits per heavy atom. The fraction of sp³-hybridized carbons (Fsp3) is 0.0625. The molecular formula is C16H11Br3N6O2. The number of hydrogen-bond acceptors (Lipinski definition) is 6. The summed E-state index contributed by atoms with van der Waals surface area (Å²) in [6.45, 7) is -0.134. The Balaban J connectivity index is 1.63. The van der Waals surface area contributed by atoms with E-state index in [1.807, 2.05) is 30.3 Å². The van der Waals surface area contributed by atoms with Gasteiger partial charge in [-0.05, 0) is 43.1 Å². The van der Waals surface area contributed by atoms with Gasteiger partial charge in [0, 0.05) is 15.6 Å². The second-order valence-electron chi connectivity index (χ2n) is 5.22. The molecule has 0 saturated heterocycles. The molecule has 11 heteroatoms. The van der Waals surface area contributed by atoms with Crippen LogP contribution in [0.1, 0.15) is 5.56 Å². The van der Waals surface area contributed by atoms with E-state index in [0.717, 1.165) is 5.56 Å². The number of phenolic OH excluding ortho intramolecular Hbond substituents is 1. The van der Waals surface area contributed by atoms with Crippen LogP contribution in [0, 0.1) is 0 Å². The van der Waals surface area contributed by atoms with E-state index in [1.165, 1.54) is 11.0 Å². The Labute approximate surface area is 179 Å². The number of amides is 1. The smallest absolute Gasteiger partial charge is 0.263 e. The van der Waals surface area contributed by atoms with Gasteiger partial charge in [-0.1, -0.05) is 46.3 Å². The minimum Gasteiger partial charge on any atom is -0.506 e. The van der Waals surface area contributed by atoms with Gasteiger partial charge in [0.1, 0.15) is 12.3 Å². The summed E-state index contributed by atoms with van der Waals surface area (Å²) in [7, 11) is 0.